The van der Waals surface area contributed by atoms with Gasteiger partial charge in [0.2, 0.25) is 5.95 Å². The van der Waals surface area contributed by atoms with Gasteiger partial charge in [-0.05, 0) is 42.5 Å². The van der Waals surface area contributed by atoms with Crippen LogP contribution in [0.15, 0.2) is 82.8 Å². The van der Waals surface area contributed by atoms with Gasteiger partial charge in [0, 0.05) is 54.3 Å². The highest BCUT2D eigenvalue weighted by molar-refractivity contribution is 7.99. The van der Waals surface area contributed by atoms with E-state index in [0.717, 1.165) is 9.20 Å². The molecule has 3 rings (SSSR count). The number of rotatable bonds is 10. The molecule has 2 N–H and O–H groups in total. The third kappa shape index (κ3) is 5.92. The van der Waals surface area contributed by atoms with Crippen LogP contribution in [0.5, 0.6) is 0 Å². The fourth-order valence-corrected chi connectivity index (χ4v) is 4.77. The van der Waals surface area contributed by atoms with E-state index in [1.54, 1.807) is 42.5 Å². The second-order valence-corrected chi connectivity index (χ2v) is 9.87. The maximum Gasteiger partial charge on any atom is 0.266 e. The molecule has 0 bridgehead atoms. The molecule has 1 heterocycles. The molecule has 0 radical (unpaired) electrons. The minimum absolute atomic E-state index is 0.0947. The Labute approximate surface area is 191 Å². The summed E-state index contributed by atoms with van der Waals surface area (Å²) in [7, 11) is -2.37. The van der Waals surface area contributed by atoms with E-state index in [-0.39, 0.29) is 22.7 Å². The lowest BCUT2D eigenvalue weighted by Gasteiger charge is -2.17. The summed E-state index contributed by atoms with van der Waals surface area (Å²) in [5, 5.41) is 10.5. The maximum absolute atomic E-state index is 12.8. The Kier molecular flexibility index (Phi) is 7.96. The summed E-state index contributed by atoms with van der Waals surface area (Å²) in [4.78, 5) is 21.1. The van der Waals surface area contributed by atoms with Crippen LogP contribution in [-0.2, 0) is 10.0 Å². The number of amides is 1. The van der Waals surface area contributed by atoms with Crippen molar-refractivity contribution in [3.63, 3.8) is 0 Å². The largest absolute Gasteiger partial charge is 0.351 e. The van der Waals surface area contributed by atoms with Crippen LogP contribution in [0.3, 0.4) is 0 Å². The van der Waals surface area contributed by atoms with Crippen LogP contribution in [0.4, 0.5) is 5.95 Å². The van der Waals surface area contributed by atoms with Crippen LogP contribution in [0.1, 0.15) is 10.4 Å². The fraction of sp³-hybridized carbons (Fsp3) is 0.182. The second kappa shape index (κ2) is 10.9. The number of thioether (sulfide) groups is 1. The van der Waals surface area contributed by atoms with Crippen molar-refractivity contribution >= 4 is 39.9 Å². The molecule has 2 aromatic carbocycles. The molecule has 0 spiro atoms. The minimum atomic E-state index is -3.77. The lowest BCUT2D eigenvalue weighted by Crippen LogP contribution is -2.30. The van der Waals surface area contributed by atoms with Crippen molar-refractivity contribution in [3.05, 3.63) is 78.6 Å². The summed E-state index contributed by atoms with van der Waals surface area (Å²) < 4.78 is 26.6. The molecule has 8 nitrogen and oxygen atoms in total. The van der Waals surface area contributed by atoms with Crippen molar-refractivity contribution in [1.82, 2.24) is 15.3 Å². The Balaban J connectivity index is 1.56. The normalized spacial score (nSPS) is 12.0. The van der Waals surface area contributed by atoms with E-state index in [1.165, 1.54) is 49.6 Å². The molecule has 1 aromatic heterocycles. The van der Waals surface area contributed by atoms with Crippen LogP contribution >= 0.6 is 11.8 Å². The first-order valence-corrected chi connectivity index (χ1v) is 12.2. The average Bonchev–Trinajstić information content (AvgIpc) is 2.84. The van der Waals surface area contributed by atoms with Crippen molar-refractivity contribution in [2.45, 2.75) is 9.79 Å². The van der Waals surface area contributed by atoms with Gasteiger partial charge >= 0.3 is 0 Å². The van der Waals surface area contributed by atoms with Gasteiger partial charge in [-0.25, -0.2) is 22.7 Å². The highest BCUT2D eigenvalue weighted by atomic mass is 32.2. The molecule has 3 aromatic rings. The first-order chi connectivity index (χ1) is 15.4. The van der Waals surface area contributed by atoms with Gasteiger partial charge < -0.3 is 10.7 Å². The number of carbonyl (C=O) groups is 1. The van der Waals surface area contributed by atoms with E-state index in [9.17, 15) is 13.2 Å². The quantitative estimate of drug-likeness (QED) is 0.348. The summed E-state index contributed by atoms with van der Waals surface area (Å²) in [5.74, 6) is 0.334. The van der Waals surface area contributed by atoms with Crippen molar-refractivity contribution in [1.29, 1.82) is 5.41 Å². The molecule has 32 heavy (non-hydrogen) atoms. The molecule has 0 saturated heterocycles. The lowest BCUT2D eigenvalue weighted by molar-refractivity contribution is 0.0951. The molecule has 0 fully saturated rings. The molecule has 0 aliphatic heterocycles. The molecule has 1 amide bonds. The molecule has 1 unspecified atom stereocenters. The van der Waals surface area contributed by atoms with E-state index < -0.39 is 10.0 Å². The van der Waals surface area contributed by atoms with E-state index in [2.05, 4.69) is 15.3 Å². The number of sulfonamides is 1. The van der Waals surface area contributed by atoms with Crippen LogP contribution in [0.2, 0.25) is 0 Å². The molecular weight excluding hydrogens is 446 g/mol. The van der Waals surface area contributed by atoms with Gasteiger partial charge in [0.05, 0.1) is 4.90 Å². The number of aromatic nitrogens is 2. The summed E-state index contributed by atoms with van der Waals surface area (Å²) in [5.41, 5.74) is 0.576. The van der Waals surface area contributed by atoms with Crippen LogP contribution in [0, 0.1) is 11.3 Å². The topological polar surface area (TPSA) is 116 Å². The molecular formula is C22H23N5O3S2. The Bertz CT molecular complexity index is 1140. The highest BCUT2D eigenvalue weighted by Crippen LogP contribution is 2.24. The third-order valence-electron chi connectivity index (χ3n) is 4.58. The van der Waals surface area contributed by atoms with Gasteiger partial charge in [-0.3, -0.25) is 4.79 Å². The Hall–Kier alpha value is -3.24. The zero-order valence-electron chi connectivity index (χ0n) is 17.4. The van der Waals surface area contributed by atoms with E-state index in [1.807, 2.05) is 6.07 Å². The van der Waals surface area contributed by atoms with Gasteiger partial charge in [0.1, 0.15) is 0 Å². The van der Waals surface area contributed by atoms with Crippen LogP contribution < -0.4 is 9.62 Å². The minimum Gasteiger partial charge on any atom is -0.351 e. The zero-order chi connectivity index (χ0) is 23.0. The predicted octanol–water partition coefficient (Wildman–Crippen LogP) is 3.09. The first-order valence-electron chi connectivity index (χ1n) is 9.74. The number of hydrogen-bond acceptors (Lipinski definition) is 7. The van der Waals surface area contributed by atoms with Gasteiger partial charge in [-0.1, -0.05) is 18.2 Å². The molecule has 1 atom stereocenters. The molecule has 0 aliphatic rings. The van der Waals surface area contributed by atoms with Crippen molar-refractivity contribution < 1.29 is 13.2 Å². The van der Waals surface area contributed by atoms with Crippen LogP contribution in [-0.4, -0.2) is 49.9 Å². The smallest absolute Gasteiger partial charge is 0.266 e. The Morgan fingerprint density at radius 2 is 1.75 bits per heavy atom. The average molecular weight is 470 g/mol. The van der Waals surface area contributed by atoms with Crippen LogP contribution in [0.25, 0.3) is 0 Å². The Morgan fingerprint density at radius 3 is 2.38 bits per heavy atom. The van der Waals surface area contributed by atoms with E-state index >= 15 is 0 Å². The van der Waals surface area contributed by atoms with Gasteiger partial charge in [0.15, 0.2) is 0 Å². The number of anilines is 1. The maximum atomic E-state index is 12.8. The first kappa shape index (κ1) is 23.4. The predicted molar refractivity (Wildman–Crippen MR) is 126 cm³/mol. The number of hydrogen-bond donors (Lipinski definition) is 2. The SMILES string of the molecule is CN(c1ncccn1)S(=O)(=O)c1ccc(SCC(C=N)CNC(=O)c2ccccc2)cc1. The number of nitrogens with zero attached hydrogens (tertiary/aromatic N) is 3. The fourth-order valence-electron chi connectivity index (χ4n) is 2.71. The molecule has 166 valence electrons. The molecule has 10 heteroatoms. The van der Waals surface area contributed by atoms with Gasteiger partial charge in [-0.2, -0.15) is 0 Å². The van der Waals surface area contributed by atoms with Crippen molar-refractivity contribution in [2.24, 2.45) is 5.92 Å². The summed E-state index contributed by atoms with van der Waals surface area (Å²) in [6.07, 6.45) is 4.28. The Morgan fingerprint density at radius 1 is 1.09 bits per heavy atom. The van der Waals surface area contributed by atoms with Crippen molar-refractivity contribution in [2.75, 3.05) is 23.7 Å². The third-order valence-corrected chi connectivity index (χ3v) is 7.53. The highest BCUT2D eigenvalue weighted by Gasteiger charge is 2.23. The van der Waals surface area contributed by atoms with Gasteiger partial charge in [-0.15, -0.1) is 11.8 Å². The van der Waals surface area contributed by atoms with Gasteiger partial charge in [0.25, 0.3) is 15.9 Å². The second-order valence-electron chi connectivity index (χ2n) is 6.81. The summed E-state index contributed by atoms with van der Waals surface area (Å²) in [6.45, 7) is 0.346. The summed E-state index contributed by atoms with van der Waals surface area (Å²) in [6, 6.07) is 17.0. The lowest BCUT2D eigenvalue weighted by atomic mass is 10.2. The molecule has 0 aliphatic carbocycles. The standard InChI is InChI=1S/C22H23N5O3S2/c1-27(22-24-12-5-13-25-22)32(29,30)20-10-8-19(9-11-20)31-16-17(14-23)15-26-21(28)18-6-3-2-4-7-18/h2-14,17,23H,15-16H2,1H3,(H,26,28). The number of carbonyl (C=O) groups excluding carboxylic acids is 1. The summed E-state index contributed by atoms with van der Waals surface area (Å²) >= 11 is 1.49. The van der Waals surface area contributed by atoms with E-state index in [0.29, 0.717) is 17.9 Å². The number of benzene rings is 2. The monoisotopic (exact) mass is 469 g/mol. The number of nitrogens with one attached hydrogen (secondary N) is 2. The van der Waals surface area contributed by atoms with Crippen molar-refractivity contribution in [3.8, 4) is 0 Å². The molecule has 0 saturated carbocycles. The van der Waals surface area contributed by atoms with E-state index in [4.69, 9.17) is 5.41 Å². The zero-order valence-corrected chi connectivity index (χ0v) is 19.0.